The van der Waals surface area contributed by atoms with E-state index in [0.29, 0.717) is 4.90 Å². The molecule has 0 radical (unpaired) electrons. The Morgan fingerprint density at radius 3 is 2.47 bits per heavy atom. The SMILES string of the molecule is CCC(C)Sc1ccc(CO)c(C(F)(F)F)c1. The minimum absolute atomic E-state index is 0.0778. The van der Waals surface area contributed by atoms with E-state index < -0.39 is 18.3 Å². The summed E-state index contributed by atoms with van der Waals surface area (Å²) in [6.07, 6.45) is -3.52. The van der Waals surface area contributed by atoms with Crippen molar-refractivity contribution in [3.63, 3.8) is 0 Å². The highest BCUT2D eigenvalue weighted by molar-refractivity contribution is 7.99. The molecule has 96 valence electrons. The van der Waals surface area contributed by atoms with Crippen LogP contribution in [0.3, 0.4) is 0 Å². The summed E-state index contributed by atoms with van der Waals surface area (Å²) in [7, 11) is 0. The maximum Gasteiger partial charge on any atom is 0.416 e. The summed E-state index contributed by atoms with van der Waals surface area (Å²) in [6.45, 7) is 3.37. The van der Waals surface area contributed by atoms with Crippen molar-refractivity contribution in [3.8, 4) is 0 Å². The van der Waals surface area contributed by atoms with Crippen LogP contribution in [0.1, 0.15) is 31.4 Å². The Bertz CT molecular complexity index is 377. The molecule has 0 aliphatic carbocycles. The minimum Gasteiger partial charge on any atom is -0.392 e. The Hall–Kier alpha value is -0.680. The molecule has 0 bridgehead atoms. The molecule has 0 amide bonds. The lowest BCUT2D eigenvalue weighted by Crippen LogP contribution is -2.09. The molecule has 1 aromatic rings. The molecule has 0 aliphatic rings. The number of alkyl halides is 3. The van der Waals surface area contributed by atoms with Gasteiger partial charge in [-0.15, -0.1) is 11.8 Å². The van der Waals surface area contributed by atoms with Crippen molar-refractivity contribution < 1.29 is 18.3 Å². The zero-order valence-electron chi connectivity index (χ0n) is 9.71. The van der Waals surface area contributed by atoms with Gasteiger partial charge in [0.1, 0.15) is 0 Å². The lowest BCUT2D eigenvalue weighted by atomic mass is 10.1. The molecule has 0 saturated carbocycles. The predicted octanol–water partition coefficient (Wildman–Crippen LogP) is 4.09. The van der Waals surface area contributed by atoms with Gasteiger partial charge in [0.05, 0.1) is 12.2 Å². The first kappa shape index (κ1) is 14.4. The van der Waals surface area contributed by atoms with Gasteiger partial charge in [0.25, 0.3) is 0 Å². The van der Waals surface area contributed by atoms with Crippen LogP contribution in [-0.2, 0) is 12.8 Å². The maximum atomic E-state index is 12.7. The molecule has 1 rings (SSSR count). The molecular weight excluding hydrogens is 249 g/mol. The second-order valence-electron chi connectivity index (χ2n) is 3.81. The van der Waals surface area contributed by atoms with Crippen molar-refractivity contribution in [3.05, 3.63) is 29.3 Å². The number of aliphatic hydroxyl groups is 1. The third-order valence-electron chi connectivity index (χ3n) is 2.47. The van der Waals surface area contributed by atoms with Crippen molar-refractivity contribution in [1.82, 2.24) is 0 Å². The normalized spacial score (nSPS) is 13.8. The highest BCUT2D eigenvalue weighted by Crippen LogP contribution is 2.36. The third kappa shape index (κ3) is 3.92. The Morgan fingerprint density at radius 1 is 1.35 bits per heavy atom. The van der Waals surface area contributed by atoms with Crippen LogP contribution in [0.2, 0.25) is 0 Å². The molecule has 1 N–H and O–H groups in total. The van der Waals surface area contributed by atoms with Crippen molar-refractivity contribution in [1.29, 1.82) is 0 Å². The van der Waals surface area contributed by atoms with Gasteiger partial charge in [0, 0.05) is 10.1 Å². The van der Waals surface area contributed by atoms with Gasteiger partial charge in [-0.2, -0.15) is 13.2 Å². The molecule has 17 heavy (non-hydrogen) atoms. The van der Waals surface area contributed by atoms with Crippen LogP contribution in [0.15, 0.2) is 23.1 Å². The number of benzene rings is 1. The van der Waals surface area contributed by atoms with Gasteiger partial charge in [-0.05, 0) is 24.1 Å². The molecule has 0 aliphatic heterocycles. The fraction of sp³-hybridized carbons (Fsp3) is 0.500. The Balaban J connectivity index is 3.05. The number of halogens is 3. The Kier molecular flexibility index (Phi) is 4.89. The van der Waals surface area contributed by atoms with Gasteiger partial charge in [0.2, 0.25) is 0 Å². The largest absolute Gasteiger partial charge is 0.416 e. The van der Waals surface area contributed by atoms with E-state index in [2.05, 4.69) is 0 Å². The predicted molar refractivity (Wildman–Crippen MR) is 63.0 cm³/mol. The van der Waals surface area contributed by atoms with Crippen molar-refractivity contribution >= 4 is 11.8 Å². The highest BCUT2D eigenvalue weighted by Gasteiger charge is 2.33. The van der Waals surface area contributed by atoms with Crippen LogP contribution in [0.4, 0.5) is 13.2 Å². The monoisotopic (exact) mass is 264 g/mol. The molecule has 5 heteroatoms. The molecule has 1 aromatic carbocycles. The molecule has 0 heterocycles. The summed E-state index contributed by atoms with van der Waals surface area (Å²) >= 11 is 1.41. The first-order chi connectivity index (χ1) is 7.88. The number of hydrogen-bond donors (Lipinski definition) is 1. The van der Waals surface area contributed by atoms with Crippen molar-refractivity contribution in [2.24, 2.45) is 0 Å². The lowest BCUT2D eigenvalue weighted by molar-refractivity contribution is -0.138. The first-order valence-corrected chi connectivity index (χ1v) is 6.24. The van der Waals surface area contributed by atoms with Crippen molar-refractivity contribution in [2.45, 2.75) is 43.2 Å². The van der Waals surface area contributed by atoms with Gasteiger partial charge in [-0.3, -0.25) is 0 Å². The second-order valence-corrected chi connectivity index (χ2v) is 5.32. The van der Waals surface area contributed by atoms with Crippen LogP contribution < -0.4 is 0 Å². The fourth-order valence-corrected chi connectivity index (χ4v) is 2.31. The second kappa shape index (κ2) is 5.78. The quantitative estimate of drug-likeness (QED) is 0.827. The van der Waals surface area contributed by atoms with E-state index in [1.54, 1.807) is 6.07 Å². The minimum atomic E-state index is -4.41. The Labute approximate surface area is 103 Å². The van der Waals surface area contributed by atoms with Gasteiger partial charge < -0.3 is 5.11 Å². The van der Waals surface area contributed by atoms with E-state index in [4.69, 9.17) is 5.11 Å². The van der Waals surface area contributed by atoms with Crippen LogP contribution in [0.25, 0.3) is 0 Å². The van der Waals surface area contributed by atoms with Crippen LogP contribution >= 0.6 is 11.8 Å². The van der Waals surface area contributed by atoms with Crippen LogP contribution in [0, 0.1) is 0 Å². The molecule has 0 fully saturated rings. The van der Waals surface area contributed by atoms with Crippen LogP contribution in [-0.4, -0.2) is 10.4 Å². The van der Waals surface area contributed by atoms with E-state index in [1.165, 1.54) is 17.8 Å². The average Bonchev–Trinajstić information content (AvgIpc) is 2.27. The first-order valence-electron chi connectivity index (χ1n) is 5.36. The highest BCUT2D eigenvalue weighted by atomic mass is 32.2. The molecule has 1 nitrogen and oxygen atoms in total. The summed E-state index contributed by atoms with van der Waals surface area (Å²) in [5.41, 5.74) is -0.820. The smallest absolute Gasteiger partial charge is 0.392 e. The average molecular weight is 264 g/mol. The van der Waals surface area contributed by atoms with E-state index in [-0.39, 0.29) is 10.8 Å². The topological polar surface area (TPSA) is 20.2 Å². The Morgan fingerprint density at radius 2 is 2.00 bits per heavy atom. The molecule has 0 spiro atoms. The summed E-state index contributed by atoms with van der Waals surface area (Å²) in [6, 6.07) is 4.08. The maximum absolute atomic E-state index is 12.7. The summed E-state index contributed by atoms with van der Waals surface area (Å²) in [5, 5.41) is 9.17. The molecule has 1 atom stereocenters. The standard InChI is InChI=1S/C12H15F3OS/c1-3-8(2)17-10-5-4-9(7-16)11(6-10)12(13,14)15/h4-6,8,16H,3,7H2,1-2H3. The van der Waals surface area contributed by atoms with E-state index in [9.17, 15) is 13.2 Å². The molecular formula is C12H15F3OS. The summed E-state index contributed by atoms with van der Waals surface area (Å²) < 4.78 is 38.1. The number of thioether (sulfide) groups is 1. The molecule has 0 saturated heterocycles. The fourth-order valence-electron chi connectivity index (χ4n) is 1.35. The van der Waals surface area contributed by atoms with E-state index in [1.807, 2.05) is 13.8 Å². The van der Waals surface area contributed by atoms with E-state index in [0.717, 1.165) is 12.5 Å². The van der Waals surface area contributed by atoms with Gasteiger partial charge >= 0.3 is 6.18 Å². The number of hydrogen-bond acceptors (Lipinski definition) is 2. The zero-order valence-corrected chi connectivity index (χ0v) is 10.5. The molecule has 1 unspecified atom stereocenters. The third-order valence-corrected chi connectivity index (χ3v) is 3.73. The van der Waals surface area contributed by atoms with Gasteiger partial charge in [0.15, 0.2) is 0 Å². The summed E-state index contributed by atoms with van der Waals surface area (Å²) in [4.78, 5) is 0.587. The van der Waals surface area contributed by atoms with Crippen LogP contribution in [0.5, 0.6) is 0 Å². The lowest BCUT2D eigenvalue weighted by Gasteiger charge is -2.14. The van der Waals surface area contributed by atoms with Gasteiger partial charge in [-0.1, -0.05) is 19.9 Å². The van der Waals surface area contributed by atoms with Gasteiger partial charge in [-0.25, -0.2) is 0 Å². The van der Waals surface area contributed by atoms with Crippen molar-refractivity contribution in [2.75, 3.05) is 0 Å². The number of rotatable bonds is 4. The molecule has 0 aromatic heterocycles. The summed E-state index contributed by atoms with van der Waals surface area (Å²) in [5.74, 6) is 0. The zero-order chi connectivity index (χ0) is 13.1. The number of aliphatic hydroxyl groups excluding tert-OH is 1. The van der Waals surface area contributed by atoms with E-state index >= 15 is 0 Å².